The molecule has 1 aliphatic rings. The van der Waals surface area contributed by atoms with Crippen LogP contribution in [0.1, 0.15) is 12.5 Å². The molecule has 1 aliphatic heterocycles. The van der Waals surface area contributed by atoms with E-state index in [0.29, 0.717) is 0 Å². The molecule has 2 rings (SSSR count). The number of allylic oxidation sites excluding steroid dienone is 3. The maximum absolute atomic E-state index is 3.72. The summed E-state index contributed by atoms with van der Waals surface area (Å²) in [5.41, 5.74) is 5.03. The fourth-order valence-corrected chi connectivity index (χ4v) is 2.45. The predicted molar refractivity (Wildman–Crippen MR) is 80.1 cm³/mol. The van der Waals surface area contributed by atoms with Crippen molar-refractivity contribution in [3.8, 4) is 0 Å². The second kappa shape index (κ2) is 5.13. The van der Waals surface area contributed by atoms with Crippen LogP contribution in [0.5, 0.6) is 0 Å². The van der Waals surface area contributed by atoms with Gasteiger partial charge in [-0.05, 0) is 31.1 Å². The number of nitrogens with zero attached hydrogens (tertiary/aromatic N) is 1. The van der Waals surface area contributed by atoms with E-state index >= 15 is 0 Å². The maximum Gasteiger partial charge on any atom is 0.125 e. The Balaban J connectivity index is 2.34. The van der Waals surface area contributed by atoms with Crippen LogP contribution in [0, 0.1) is 6.92 Å². The lowest BCUT2D eigenvalue weighted by molar-refractivity contribution is 0.845. The first kappa shape index (κ1) is 12.5. The van der Waals surface area contributed by atoms with Gasteiger partial charge >= 0.3 is 0 Å². The number of para-hydroxylation sites is 1. The van der Waals surface area contributed by atoms with Crippen LogP contribution >= 0.6 is 0 Å². The van der Waals surface area contributed by atoms with Crippen LogP contribution < -0.4 is 10.2 Å². The Hall–Kier alpha value is -1.96. The summed E-state index contributed by atoms with van der Waals surface area (Å²) in [5.74, 6) is 0. The van der Waals surface area contributed by atoms with E-state index in [0.717, 1.165) is 0 Å². The van der Waals surface area contributed by atoms with E-state index in [9.17, 15) is 0 Å². The molecule has 2 nitrogen and oxygen atoms in total. The molecule has 0 aliphatic carbocycles. The first-order valence-electron chi connectivity index (χ1n) is 6.23. The molecule has 1 aromatic rings. The van der Waals surface area contributed by atoms with E-state index in [1.54, 1.807) is 6.08 Å². The van der Waals surface area contributed by atoms with E-state index in [4.69, 9.17) is 0 Å². The minimum Gasteiger partial charge on any atom is -0.360 e. The molecular weight excluding hydrogens is 220 g/mol. The molecule has 0 saturated heterocycles. The van der Waals surface area contributed by atoms with Gasteiger partial charge in [-0.25, -0.2) is 0 Å². The summed E-state index contributed by atoms with van der Waals surface area (Å²) in [6.45, 7) is 7.93. The molecule has 1 unspecified atom stereocenters. The summed E-state index contributed by atoms with van der Waals surface area (Å²) < 4.78 is 0. The summed E-state index contributed by atoms with van der Waals surface area (Å²) in [7, 11) is 2.13. The molecule has 0 bridgehead atoms. The zero-order valence-corrected chi connectivity index (χ0v) is 11.3. The third-order valence-corrected chi connectivity index (χ3v) is 3.34. The van der Waals surface area contributed by atoms with Crippen LogP contribution in [0.15, 0.2) is 54.7 Å². The molecule has 1 heterocycles. The molecule has 1 aromatic carbocycles. The number of fused-ring (bicyclic) bond motifs is 1. The van der Waals surface area contributed by atoms with Gasteiger partial charge in [0.15, 0.2) is 0 Å². The third kappa shape index (κ3) is 2.06. The molecule has 94 valence electrons. The molecule has 0 spiro atoms. The Labute approximate surface area is 109 Å². The first-order chi connectivity index (χ1) is 8.69. The van der Waals surface area contributed by atoms with Gasteiger partial charge in [-0.15, -0.1) is 0 Å². The smallest absolute Gasteiger partial charge is 0.125 e. The monoisotopic (exact) mass is 240 g/mol. The van der Waals surface area contributed by atoms with Crippen molar-refractivity contribution in [1.82, 2.24) is 0 Å². The molecule has 0 radical (unpaired) electrons. The molecular formula is C16H20N2. The summed E-state index contributed by atoms with van der Waals surface area (Å²) in [4.78, 5) is 2.29. The highest BCUT2D eigenvalue weighted by Crippen LogP contribution is 2.38. The van der Waals surface area contributed by atoms with Crippen molar-refractivity contribution in [2.24, 2.45) is 0 Å². The number of nitrogens with one attached hydrogen (secondary N) is 1. The number of hydrogen-bond acceptors (Lipinski definition) is 2. The van der Waals surface area contributed by atoms with Gasteiger partial charge in [0.25, 0.3) is 0 Å². The Bertz CT molecular complexity index is 512. The van der Waals surface area contributed by atoms with Gasteiger partial charge in [0.05, 0.1) is 11.4 Å². The van der Waals surface area contributed by atoms with Crippen molar-refractivity contribution in [2.45, 2.75) is 20.0 Å². The van der Waals surface area contributed by atoms with Crippen molar-refractivity contribution in [1.29, 1.82) is 0 Å². The largest absolute Gasteiger partial charge is 0.360 e. The van der Waals surface area contributed by atoms with Crippen molar-refractivity contribution in [3.63, 3.8) is 0 Å². The quantitative estimate of drug-likeness (QED) is 0.807. The summed E-state index contributed by atoms with van der Waals surface area (Å²) >= 11 is 0. The van der Waals surface area contributed by atoms with Gasteiger partial charge in [0.2, 0.25) is 0 Å². The Kier molecular flexibility index (Phi) is 3.56. The molecule has 1 atom stereocenters. The van der Waals surface area contributed by atoms with Crippen molar-refractivity contribution in [3.05, 3.63) is 60.2 Å². The van der Waals surface area contributed by atoms with Gasteiger partial charge < -0.3 is 10.2 Å². The van der Waals surface area contributed by atoms with Gasteiger partial charge in [0, 0.05) is 7.05 Å². The fraction of sp³-hybridized carbons (Fsp3) is 0.250. The molecule has 0 amide bonds. The van der Waals surface area contributed by atoms with E-state index in [1.807, 2.05) is 6.08 Å². The number of aryl methyl sites for hydroxylation is 1. The lowest BCUT2D eigenvalue weighted by atomic mass is 10.1. The Morgan fingerprint density at radius 2 is 2.22 bits per heavy atom. The summed E-state index contributed by atoms with van der Waals surface area (Å²) in [5, 5.41) is 3.56. The van der Waals surface area contributed by atoms with Gasteiger partial charge in [-0.1, -0.05) is 43.0 Å². The second-order valence-electron chi connectivity index (χ2n) is 4.51. The standard InChI is InChI=1S/C16H20N2/c1-5-7-10-13(6-2)16-17-14-11-8-9-12(3)15(14)18(16)4/h5-11,16-17H,1H2,2-4H3/b10-7-,13-6+. The average Bonchev–Trinajstić information content (AvgIpc) is 2.70. The Morgan fingerprint density at radius 1 is 1.44 bits per heavy atom. The van der Waals surface area contributed by atoms with E-state index in [1.165, 1.54) is 22.5 Å². The third-order valence-electron chi connectivity index (χ3n) is 3.34. The highest BCUT2D eigenvalue weighted by Gasteiger charge is 2.28. The Morgan fingerprint density at radius 3 is 2.83 bits per heavy atom. The zero-order valence-electron chi connectivity index (χ0n) is 11.3. The lowest BCUT2D eigenvalue weighted by Crippen LogP contribution is -2.33. The maximum atomic E-state index is 3.72. The SMILES string of the molecule is C=C/C=C\C(=C/C)C1Nc2cccc(C)c2N1C. The van der Waals surface area contributed by atoms with Gasteiger partial charge in [0.1, 0.15) is 6.17 Å². The van der Waals surface area contributed by atoms with Gasteiger partial charge in [-0.2, -0.15) is 0 Å². The highest BCUT2D eigenvalue weighted by molar-refractivity contribution is 5.80. The molecule has 1 N–H and O–H groups in total. The lowest BCUT2D eigenvalue weighted by Gasteiger charge is -2.24. The zero-order chi connectivity index (χ0) is 13.1. The summed E-state index contributed by atoms with van der Waals surface area (Å²) in [6, 6.07) is 6.37. The number of rotatable bonds is 3. The predicted octanol–water partition coefficient (Wildman–Crippen LogP) is 3.87. The minimum absolute atomic E-state index is 0.197. The first-order valence-corrected chi connectivity index (χ1v) is 6.23. The molecule has 0 fully saturated rings. The van der Waals surface area contributed by atoms with Crippen LogP contribution in [0.2, 0.25) is 0 Å². The normalized spacial score (nSPS) is 18.9. The van der Waals surface area contributed by atoms with E-state index < -0.39 is 0 Å². The highest BCUT2D eigenvalue weighted by atomic mass is 15.3. The topological polar surface area (TPSA) is 15.3 Å². The van der Waals surface area contributed by atoms with E-state index in [2.05, 4.69) is 68.0 Å². The van der Waals surface area contributed by atoms with Crippen molar-refractivity contribution < 1.29 is 0 Å². The van der Waals surface area contributed by atoms with Crippen LogP contribution in [-0.2, 0) is 0 Å². The fourth-order valence-electron chi connectivity index (χ4n) is 2.45. The van der Waals surface area contributed by atoms with Crippen LogP contribution in [0.3, 0.4) is 0 Å². The minimum atomic E-state index is 0.197. The van der Waals surface area contributed by atoms with Crippen LogP contribution in [0.4, 0.5) is 11.4 Å². The molecule has 18 heavy (non-hydrogen) atoms. The van der Waals surface area contributed by atoms with Crippen LogP contribution in [0.25, 0.3) is 0 Å². The number of anilines is 2. The molecule has 2 heteroatoms. The van der Waals surface area contributed by atoms with Crippen molar-refractivity contribution >= 4 is 11.4 Å². The molecule has 0 saturated carbocycles. The summed E-state index contributed by atoms with van der Waals surface area (Å²) in [6.07, 6.45) is 8.21. The second-order valence-corrected chi connectivity index (χ2v) is 4.51. The number of likely N-dealkylation sites (N-methyl/N-ethyl adjacent to an activating group) is 1. The number of hydrogen-bond donors (Lipinski definition) is 1. The van der Waals surface area contributed by atoms with Crippen molar-refractivity contribution in [2.75, 3.05) is 17.3 Å². The van der Waals surface area contributed by atoms with E-state index in [-0.39, 0.29) is 6.17 Å². The molecule has 0 aromatic heterocycles. The van der Waals surface area contributed by atoms with Gasteiger partial charge in [-0.3, -0.25) is 0 Å². The number of benzene rings is 1. The average molecular weight is 240 g/mol. The van der Waals surface area contributed by atoms with Crippen LogP contribution in [-0.4, -0.2) is 13.2 Å².